The van der Waals surface area contributed by atoms with Crippen molar-refractivity contribution in [2.75, 3.05) is 24.4 Å². The van der Waals surface area contributed by atoms with Crippen molar-refractivity contribution >= 4 is 40.7 Å². The molecule has 3 rings (SSSR count). The van der Waals surface area contributed by atoms with Crippen molar-refractivity contribution in [3.05, 3.63) is 88.9 Å². The summed E-state index contributed by atoms with van der Waals surface area (Å²) in [6.45, 7) is 0.354. The van der Waals surface area contributed by atoms with Gasteiger partial charge in [0.25, 0.3) is 5.91 Å². The molecule has 0 aliphatic heterocycles. The van der Waals surface area contributed by atoms with Crippen LogP contribution in [0.15, 0.2) is 72.8 Å². The summed E-state index contributed by atoms with van der Waals surface area (Å²) in [4.78, 5) is 39.3. The molecule has 176 valence electrons. The number of nitrogens with one attached hydrogen (secondary N) is 2. The van der Waals surface area contributed by atoms with Crippen molar-refractivity contribution in [1.29, 1.82) is 0 Å². The van der Waals surface area contributed by atoms with Crippen LogP contribution in [0.3, 0.4) is 0 Å². The van der Waals surface area contributed by atoms with Gasteiger partial charge in [-0.05, 0) is 42.0 Å². The predicted octanol–water partition coefficient (Wildman–Crippen LogP) is 4.66. The Balaban J connectivity index is 1.58. The summed E-state index contributed by atoms with van der Waals surface area (Å²) in [5.74, 6) is -0.249. The van der Waals surface area contributed by atoms with Gasteiger partial charge < -0.3 is 20.3 Å². The van der Waals surface area contributed by atoms with Crippen molar-refractivity contribution in [1.82, 2.24) is 5.32 Å². The largest absolute Gasteiger partial charge is 0.497 e. The summed E-state index contributed by atoms with van der Waals surface area (Å²) in [5.41, 5.74) is 2.28. The SMILES string of the molecule is COc1cccc(NC(=O)c2ccccc2N(C)C(=O)CCC(=O)NCc2ccc(Cl)cc2)c1. The molecule has 0 bridgehead atoms. The van der Waals surface area contributed by atoms with Crippen molar-refractivity contribution in [3.63, 3.8) is 0 Å². The second-order valence-electron chi connectivity index (χ2n) is 7.56. The van der Waals surface area contributed by atoms with Crippen molar-refractivity contribution < 1.29 is 19.1 Å². The fraction of sp³-hybridized carbons (Fsp3) is 0.192. The number of anilines is 2. The number of halogens is 1. The molecule has 2 N–H and O–H groups in total. The molecule has 0 radical (unpaired) electrons. The quantitative estimate of drug-likeness (QED) is 0.467. The van der Waals surface area contributed by atoms with E-state index in [-0.39, 0.29) is 30.6 Å². The van der Waals surface area contributed by atoms with E-state index in [1.807, 2.05) is 12.1 Å². The molecule has 0 aliphatic rings. The molecular formula is C26H26ClN3O4. The minimum Gasteiger partial charge on any atom is -0.497 e. The summed E-state index contributed by atoms with van der Waals surface area (Å²) >= 11 is 5.86. The Hall–Kier alpha value is -3.84. The Bertz CT molecular complexity index is 1160. The highest BCUT2D eigenvalue weighted by Crippen LogP contribution is 2.23. The number of hydrogen-bond donors (Lipinski definition) is 2. The molecule has 0 aliphatic carbocycles. The van der Waals surface area contributed by atoms with Gasteiger partial charge in [-0.1, -0.05) is 41.9 Å². The van der Waals surface area contributed by atoms with E-state index in [2.05, 4.69) is 10.6 Å². The monoisotopic (exact) mass is 479 g/mol. The summed E-state index contributed by atoms with van der Waals surface area (Å²) in [6, 6.07) is 21.0. The van der Waals surface area contributed by atoms with Crippen LogP contribution in [0.25, 0.3) is 0 Å². The lowest BCUT2D eigenvalue weighted by Crippen LogP contribution is -2.30. The van der Waals surface area contributed by atoms with Crippen molar-refractivity contribution in [2.24, 2.45) is 0 Å². The Labute approximate surface area is 203 Å². The zero-order valence-electron chi connectivity index (χ0n) is 19.0. The zero-order chi connectivity index (χ0) is 24.5. The van der Waals surface area contributed by atoms with E-state index in [9.17, 15) is 14.4 Å². The van der Waals surface area contributed by atoms with Crippen LogP contribution < -0.4 is 20.3 Å². The molecule has 3 aromatic rings. The summed E-state index contributed by atoms with van der Waals surface area (Å²) in [7, 11) is 3.14. The molecule has 3 amide bonds. The number of para-hydroxylation sites is 1. The second-order valence-corrected chi connectivity index (χ2v) is 8.00. The summed E-state index contributed by atoms with van der Waals surface area (Å²) in [6.07, 6.45) is 0.0454. The van der Waals surface area contributed by atoms with E-state index in [4.69, 9.17) is 16.3 Å². The van der Waals surface area contributed by atoms with Crippen molar-refractivity contribution in [2.45, 2.75) is 19.4 Å². The Morgan fingerprint density at radius 1 is 0.941 bits per heavy atom. The first-order chi connectivity index (χ1) is 16.4. The molecule has 0 heterocycles. The molecule has 0 unspecified atom stereocenters. The predicted molar refractivity (Wildman–Crippen MR) is 133 cm³/mol. The maximum atomic E-state index is 12.9. The smallest absolute Gasteiger partial charge is 0.257 e. The molecule has 0 saturated carbocycles. The Morgan fingerprint density at radius 3 is 2.41 bits per heavy atom. The minimum atomic E-state index is -0.357. The highest BCUT2D eigenvalue weighted by Gasteiger charge is 2.19. The van der Waals surface area contributed by atoms with Gasteiger partial charge in [0, 0.05) is 43.2 Å². The van der Waals surface area contributed by atoms with Gasteiger partial charge in [0.15, 0.2) is 0 Å². The van der Waals surface area contributed by atoms with Gasteiger partial charge in [-0.15, -0.1) is 0 Å². The van der Waals surface area contributed by atoms with Crippen LogP contribution >= 0.6 is 11.6 Å². The summed E-state index contributed by atoms with van der Waals surface area (Å²) < 4.78 is 5.19. The molecule has 0 fully saturated rings. The minimum absolute atomic E-state index is 0.00872. The lowest BCUT2D eigenvalue weighted by Gasteiger charge is -2.20. The molecule has 0 saturated heterocycles. The average Bonchev–Trinajstić information content (AvgIpc) is 2.86. The first-order valence-electron chi connectivity index (χ1n) is 10.7. The number of amides is 3. The van der Waals surface area contributed by atoms with Gasteiger partial charge in [0.1, 0.15) is 5.75 Å². The van der Waals surface area contributed by atoms with Crippen molar-refractivity contribution in [3.8, 4) is 5.75 Å². The third kappa shape index (κ3) is 6.83. The third-order valence-corrected chi connectivity index (χ3v) is 5.43. The van der Waals surface area contributed by atoms with E-state index in [1.54, 1.807) is 74.8 Å². The van der Waals surface area contributed by atoms with Crippen LogP contribution in [0.1, 0.15) is 28.8 Å². The number of methoxy groups -OCH3 is 1. The fourth-order valence-corrected chi connectivity index (χ4v) is 3.40. The number of hydrogen-bond acceptors (Lipinski definition) is 4. The number of ether oxygens (including phenoxy) is 1. The lowest BCUT2D eigenvalue weighted by atomic mass is 10.1. The number of carbonyl (C=O) groups is 3. The van der Waals surface area contributed by atoms with Gasteiger partial charge in [0.05, 0.1) is 18.4 Å². The second kappa shape index (κ2) is 11.9. The molecule has 3 aromatic carbocycles. The summed E-state index contributed by atoms with van der Waals surface area (Å²) in [5, 5.41) is 6.24. The average molecular weight is 480 g/mol. The molecule has 7 nitrogen and oxygen atoms in total. The van der Waals surface area contributed by atoms with E-state index < -0.39 is 0 Å². The normalized spacial score (nSPS) is 10.3. The van der Waals surface area contributed by atoms with Gasteiger partial charge in [0.2, 0.25) is 11.8 Å². The number of benzene rings is 3. The van der Waals surface area contributed by atoms with E-state index in [0.717, 1.165) is 5.56 Å². The first kappa shape index (κ1) is 24.8. The maximum Gasteiger partial charge on any atom is 0.257 e. The number of nitrogens with zero attached hydrogens (tertiary/aromatic N) is 1. The molecule has 0 spiro atoms. The van der Waals surface area contributed by atoms with Crippen LogP contribution in [-0.4, -0.2) is 31.9 Å². The van der Waals surface area contributed by atoms with E-state index in [0.29, 0.717) is 34.3 Å². The van der Waals surface area contributed by atoms with Gasteiger partial charge in [-0.25, -0.2) is 0 Å². The van der Waals surface area contributed by atoms with Crippen LogP contribution in [0, 0.1) is 0 Å². The third-order valence-electron chi connectivity index (χ3n) is 5.18. The molecule has 8 heteroatoms. The molecule has 34 heavy (non-hydrogen) atoms. The first-order valence-corrected chi connectivity index (χ1v) is 11.1. The van der Waals surface area contributed by atoms with Gasteiger partial charge in [-0.3, -0.25) is 14.4 Å². The van der Waals surface area contributed by atoms with Gasteiger partial charge >= 0.3 is 0 Å². The van der Waals surface area contributed by atoms with Gasteiger partial charge in [-0.2, -0.15) is 0 Å². The highest BCUT2D eigenvalue weighted by atomic mass is 35.5. The van der Waals surface area contributed by atoms with Crippen LogP contribution in [0.4, 0.5) is 11.4 Å². The zero-order valence-corrected chi connectivity index (χ0v) is 19.8. The van der Waals surface area contributed by atoms with Crippen LogP contribution in [0.2, 0.25) is 5.02 Å². The van der Waals surface area contributed by atoms with E-state index >= 15 is 0 Å². The van der Waals surface area contributed by atoms with Crippen LogP contribution in [-0.2, 0) is 16.1 Å². The topological polar surface area (TPSA) is 87.7 Å². The van der Waals surface area contributed by atoms with E-state index in [1.165, 1.54) is 4.90 Å². The standard InChI is InChI=1S/C26H26ClN3O4/c1-30(25(32)15-14-24(31)28-17-18-10-12-19(27)13-11-18)23-9-4-3-8-22(23)26(33)29-20-6-5-7-21(16-20)34-2/h3-13,16H,14-15,17H2,1-2H3,(H,28,31)(H,29,33). The Morgan fingerprint density at radius 2 is 1.68 bits per heavy atom. The fourth-order valence-electron chi connectivity index (χ4n) is 3.27. The van der Waals surface area contributed by atoms with Crippen LogP contribution in [0.5, 0.6) is 5.75 Å². The maximum absolute atomic E-state index is 12.9. The lowest BCUT2D eigenvalue weighted by molar-refractivity contribution is -0.125. The molecular weight excluding hydrogens is 454 g/mol. The number of rotatable bonds is 9. The highest BCUT2D eigenvalue weighted by molar-refractivity contribution is 6.30. The molecule has 0 atom stereocenters. The Kier molecular flexibility index (Phi) is 8.65. The molecule has 0 aromatic heterocycles. The number of carbonyl (C=O) groups excluding carboxylic acids is 3.